The highest BCUT2D eigenvalue weighted by atomic mass is 35.5. The molecule has 162 valence electrons. The Morgan fingerprint density at radius 3 is 2.35 bits per heavy atom. The molecule has 1 amide bonds. The standard InChI is InChI=1S/C22H20Cl2N2O4S/c1-30-21-12-11-17(23)13-20(21)26(31(28,29)18-8-3-2-4-9-18)15-22(27)25-14-16-7-5-6-10-19(16)24/h2-13H,14-15H2,1H3,(H,25,27). The lowest BCUT2D eigenvalue weighted by Crippen LogP contribution is -2.40. The molecule has 0 atom stereocenters. The lowest BCUT2D eigenvalue weighted by molar-refractivity contribution is -0.119. The molecule has 9 heteroatoms. The van der Waals surface area contributed by atoms with Crippen LogP contribution in [0.1, 0.15) is 5.56 Å². The van der Waals surface area contributed by atoms with Gasteiger partial charge in [-0.2, -0.15) is 0 Å². The molecule has 0 radical (unpaired) electrons. The summed E-state index contributed by atoms with van der Waals surface area (Å²) in [4.78, 5) is 12.8. The van der Waals surface area contributed by atoms with E-state index in [1.54, 1.807) is 54.6 Å². The van der Waals surface area contributed by atoms with E-state index in [1.165, 1.54) is 25.3 Å². The Balaban J connectivity index is 1.94. The Kier molecular flexibility index (Phi) is 7.43. The van der Waals surface area contributed by atoms with Crippen LogP contribution in [-0.4, -0.2) is 28.0 Å². The molecule has 6 nitrogen and oxygen atoms in total. The summed E-state index contributed by atoms with van der Waals surface area (Å²) in [5.41, 5.74) is 0.877. The molecular formula is C22H20Cl2N2O4S. The third kappa shape index (κ3) is 5.50. The van der Waals surface area contributed by atoms with Crippen molar-refractivity contribution in [2.24, 2.45) is 0 Å². The van der Waals surface area contributed by atoms with Crippen molar-refractivity contribution in [1.82, 2.24) is 5.32 Å². The van der Waals surface area contributed by atoms with E-state index < -0.39 is 22.5 Å². The molecule has 0 unspecified atom stereocenters. The van der Waals surface area contributed by atoms with Gasteiger partial charge in [-0.25, -0.2) is 8.42 Å². The van der Waals surface area contributed by atoms with Gasteiger partial charge < -0.3 is 10.1 Å². The molecule has 0 bridgehead atoms. The number of nitrogens with one attached hydrogen (secondary N) is 1. The Labute approximate surface area is 191 Å². The molecule has 0 fully saturated rings. The van der Waals surface area contributed by atoms with Crippen molar-refractivity contribution < 1.29 is 17.9 Å². The maximum Gasteiger partial charge on any atom is 0.264 e. The predicted octanol–water partition coefficient (Wildman–Crippen LogP) is 4.51. The fourth-order valence-corrected chi connectivity index (χ4v) is 4.71. The fraction of sp³-hybridized carbons (Fsp3) is 0.136. The molecule has 0 saturated heterocycles. The van der Waals surface area contributed by atoms with Gasteiger partial charge in [0.2, 0.25) is 5.91 Å². The quantitative estimate of drug-likeness (QED) is 0.516. The number of rotatable bonds is 8. The molecule has 0 aliphatic rings. The van der Waals surface area contributed by atoms with Gasteiger partial charge in [-0.1, -0.05) is 59.6 Å². The monoisotopic (exact) mass is 478 g/mol. The largest absolute Gasteiger partial charge is 0.495 e. The number of amides is 1. The molecular weight excluding hydrogens is 459 g/mol. The topological polar surface area (TPSA) is 75.7 Å². The van der Waals surface area contributed by atoms with Crippen molar-refractivity contribution in [3.63, 3.8) is 0 Å². The van der Waals surface area contributed by atoms with E-state index in [-0.39, 0.29) is 22.9 Å². The number of hydrogen-bond donors (Lipinski definition) is 1. The van der Waals surface area contributed by atoms with E-state index in [1.807, 2.05) is 0 Å². The number of benzene rings is 3. The van der Waals surface area contributed by atoms with Gasteiger partial charge in [-0.3, -0.25) is 9.10 Å². The van der Waals surface area contributed by atoms with E-state index >= 15 is 0 Å². The first-order valence-electron chi connectivity index (χ1n) is 9.24. The van der Waals surface area contributed by atoms with E-state index in [9.17, 15) is 13.2 Å². The maximum atomic E-state index is 13.4. The van der Waals surface area contributed by atoms with Crippen molar-refractivity contribution in [1.29, 1.82) is 0 Å². The van der Waals surface area contributed by atoms with Crippen molar-refractivity contribution in [2.45, 2.75) is 11.4 Å². The van der Waals surface area contributed by atoms with Crippen LogP contribution in [0.3, 0.4) is 0 Å². The summed E-state index contributed by atoms with van der Waals surface area (Å²) >= 11 is 12.2. The first kappa shape index (κ1) is 22.9. The van der Waals surface area contributed by atoms with Crippen LogP contribution in [0.15, 0.2) is 77.7 Å². The smallest absolute Gasteiger partial charge is 0.264 e. The van der Waals surface area contributed by atoms with Crippen LogP contribution in [-0.2, 0) is 21.4 Å². The van der Waals surface area contributed by atoms with Gasteiger partial charge in [-0.05, 0) is 42.0 Å². The second kappa shape index (κ2) is 10.0. The van der Waals surface area contributed by atoms with Crippen LogP contribution in [0.25, 0.3) is 0 Å². The minimum absolute atomic E-state index is 0.0379. The summed E-state index contributed by atoms with van der Waals surface area (Å²) in [7, 11) is -2.67. The maximum absolute atomic E-state index is 13.4. The third-order valence-electron chi connectivity index (χ3n) is 4.46. The highest BCUT2D eigenvalue weighted by molar-refractivity contribution is 7.92. The van der Waals surface area contributed by atoms with Gasteiger partial charge in [0, 0.05) is 16.6 Å². The van der Waals surface area contributed by atoms with Gasteiger partial charge in [0.1, 0.15) is 12.3 Å². The van der Waals surface area contributed by atoms with Crippen molar-refractivity contribution in [3.05, 3.63) is 88.4 Å². The third-order valence-corrected chi connectivity index (χ3v) is 6.84. The molecule has 3 aromatic carbocycles. The summed E-state index contributed by atoms with van der Waals surface area (Å²) in [6.45, 7) is -0.317. The molecule has 1 N–H and O–H groups in total. The SMILES string of the molecule is COc1ccc(Cl)cc1N(CC(=O)NCc1ccccc1Cl)S(=O)(=O)c1ccccc1. The van der Waals surface area contributed by atoms with Crippen LogP contribution in [0.2, 0.25) is 10.0 Å². The molecule has 31 heavy (non-hydrogen) atoms. The Morgan fingerprint density at radius 1 is 1.00 bits per heavy atom. The van der Waals surface area contributed by atoms with Gasteiger partial charge in [-0.15, -0.1) is 0 Å². The highest BCUT2D eigenvalue weighted by Crippen LogP contribution is 2.34. The van der Waals surface area contributed by atoms with E-state index in [0.717, 1.165) is 9.87 Å². The number of anilines is 1. The van der Waals surface area contributed by atoms with E-state index in [2.05, 4.69) is 5.32 Å². The number of carbonyl (C=O) groups is 1. The van der Waals surface area contributed by atoms with Crippen molar-refractivity contribution >= 4 is 44.8 Å². The van der Waals surface area contributed by atoms with Crippen LogP contribution >= 0.6 is 23.2 Å². The summed E-state index contributed by atoms with van der Waals surface area (Å²) in [6, 6.07) is 19.5. The number of methoxy groups -OCH3 is 1. The minimum Gasteiger partial charge on any atom is -0.495 e. The van der Waals surface area contributed by atoms with E-state index in [0.29, 0.717) is 10.0 Å². The van der Waals surface area contributed by atoms with E-state index in [4.69, 9.17) is 27.9 Å². The lowest BCUT2D eigenvalue weighted by atomic mass is 10.2. The number of sulfonamides is 1. The molecule has 0 aliphatic heterocycles. The van der Waals surface area contributed by atoms with Crippen molar-refractivity contribution in [2.75, 3.05) is 18.0 Å². The lowest BCUT2D eigenvalue weighted by Gasteiger charge is -2.26. The molecule has 3 rings (SSSR count). The molecule has 0 saturated carbocycles. The van der Waals surface area contributed by atoms with Crippen LogP contribution < -0.4 is 14.4 Å². The van der Waals surface area contributed by atoms with Gasteiger partial charge in [0.25, 0.3) is 10.0 Å². The number of ether oxygens (including phenoxy) is 1. The van der Waals surface area contributed by atoms with Gasteiger partial charge in [0.05, 0.1) is 17.7 Å². The zero-order valence-corrected chi connectivity index (χ0v) is 18.9. The number of halogens is 2. The zero-order chi connectivity index (χ0) is 22.4. The number of carbonyl (C=O) groups excluding carboxylic acids is 1. The minimum atomic E-state index is -4.08. The molecule has 0 aliphatic carbocycles. The second-order valence-electron chi connectivity index (χ2n) is 6.51. The van der Waals surface area contributed by atoms with Crippen LogP contribution in [0.4, 0.5) is 5.69 Å². The molecule has 0 heterocycles. The van der Waals surface area contributed by atoms with Crippen LogP contribution in [0, 0.1) is 0 Å². The average molecular weight is 479 g/mol. The normalized spacial score (nSPS) is 11.1. The number of nitrogens with zero attached hydrogens (tertiary/aromatic N) is 1. The first-order chi connectivity index (χ1) is 14.8. The Bertz CT molecular complexity index is 1170. The predicted molar refractivity (Wildman–Crippen MR) is 122 cm³/mol. The van der Waals surface area contributed by atoms with Gasteiger partial charge >= 0.3 is 0 Å². The fourth-order valence-electron chi connectivity index (χ4n) is 2.90. The number of hydrogen-bond acceptors (Lipinski definition) is 4. The first-order valence-corrected chi connectivity index (χ1v) is 11.4. The average Bonchev–Trinajstić information content (AvgIpc) is 2.77. The summed E-state index contributed by atoms with van der Waals surface area (Å²) in [5, 5.41) is 3.53. The summed E-state index contributed by atoms with van der Waals surface area (Å²) in [6.07, 6.45) is 0. The summed E-state index contributed by atoms with van der Waals surface area (Å²) < 4.78 is 33.1. The molecule has 0 spiro atoms. The Hall–Kier alpha value is -2.74. The molecule has 3 aromatic rings. The zero-order valence-electron chi connectivity index (χ0n) is 16.6. The Morgan fingerprint density at radius 2 is 1.68 bits per heavy atom. The second-order valence-corrected chi connectivity index (χ2v) is 9.21. The van der Waals surface area contributed by atoms with Gasteiger partial charge in [0.15, 0.2) is 0 Å². The van der Waals surface area contributed by atoms with Crippen molar-refractivity contribution in [3.8, 4) is 5.75 Å². The summed E-state index contributed by atoms with van der Waals surface area (Å²) in [5.74, 6) is -0.246. The van der Waals surface area contributed by atoms with Crippen LogP contribution in [0.5, 0.6) is 5.75 Å². The highest BCUT2D eigenvalue weighted by Gasteiger charge is 2.29. The molecule has 0 aromatic heterocycles.